The van der Waals surface area contributed by atoms with Gasteiger partial charge in [-0.2, -0.15) is 0 Å². The molecule has 3 aromatic rings. The van der Waals surface area contributed by atoms with Crippen LogP contribution < -0.4 is 16.1 Å². The third-order valence-electron chi connectivity index (χ3n) is 3.78. The Kier molecular flexibility index (Phi) is 4.36. The Hall–Kier alpha value is -2.66. The van der Waals surface area contributed by atoms with E-state index in [-0.39, 0.29) is 5.75 Å². The quantitative estimate of drug-likeness (QED) is 0.345. The lowest BCUT2D eigenvalue weighted by molar-refractivity contribution is -0.136. The standard InChI is InChI=1S/C19H18NO4/c1-11(2)9-16(20)19(22)23-12-7-8-13-14-5-3-4-6-17(14)24-18(21)15(13)10-12/h3,5-8,10-11,16H,9,20H2,1-2H3/t16-/m1/s1. The summed E-state index contributed by atoms with van der Waals surface area (Å²) in [5.41, 5.74) is 5.81. The van der Waals surface area contributed by atoms with Gasteiger partial charge in [0.25, 0.3) is 0 Å². The molecule has 123 valence electrons. The first-order valence-corrected chi connectivity index (χ1v) is 7.79. The zero-order valence-electron chi connectivity index (χ0n) is 13.5. The Morgan fingerprint density at radius 2 is 2.04 bits per heavy atom. The van der Waals surface area contributed by atoms with Crippen molar-refractivity contribution < 1.29 is 13.9 Å². The van der Waals surface area contributed by atoms with E-state index in [1.807, 2.05) is 19.9 Å². The summed E-state index contributed by atoms with van der Waals surface area (Å²) < 4.78 is 10.6. The van der Waals surface area contributed by atoms with Gasteiger partial charge in [0.2, 0.25) is 0 Å². The molecular weight excluding hydrogens is 306 g/mol. The number of carbonyl (C=O) groups is 1. The van der Waals surface area contributed by atoms with Gasteiger partial charge < -0.3 is 14.9 Å². The fourth-order valence-corrected chi connectivity index (χ4v) is 2.66. The van der Waals surface area contributed by atoms with E-state index in [9.17, 15) is 9.59 Å². The van der Waals surface area contributed by atoms with Gasteiger partial charge in [-0.1, -0.05) is 19.9 Å². The Morgan fingerprint density at radius 3 is 2.79 bits per heavy atom. The third kappa shape index (κ3) is 3.16. The minimum absolute atomic E-state index is 0.279. The highest BCUT2D eigenvalue weighted by atomic mass is 16.5. The van der Waals surface area contributed by atoms with Crippen molar-refractivity contribution in [1.29, 1.82) is 0 Å². The Balaban J connectivity index is 1.97. The van der Waals surface area contributed by atoms with Gasteiger partial charge in [-0.3, -0.25) is 0 Å². The van der Waals surface area contributed by atoms with Crippen molar-refractivity contribution in [2.24, 2.45) is 11.7 Å². The first kappa shape index (κ1) is 16.2. The lowest BCUT2D eigenvalue weighted by Crippen LogP contribution is -2.35. The number of carbonyl (C=O) groups excluding carboxylic acids is 1. The summed E-state index contributed by atoms with van der Waals surface area (Å²) in [7, 11) is 0. The second-order valence-corrected chi connectivity index (χ2v) is 6.18. The van der Waals surface area contributed by atoms with Crippen LogP contribution in [0.5, 0.6) is 5.75 Å². The molecule has 1 atom stereocenters. The van der Waals surface area contributed by atoms with Gasteiger partial charge in [0, 0.05) is 10.8 Å². The maximum absolute atomic E-state index is 12.2. The fraction of sp³-hybridized carbons (Fsp3) is 0.263. The van der Waals surface area contributed by atoms with Crippen LogP contribution in [0, 0.1) is 12.0 Å². The number of hydrogen-bond donors (Lipinski definition) is 1. The van der Waals surface area contributed by atoms with E-state index in [1.165, 1.54) is 6.07 Å². The maximum Gasteiger partial charge on any atom is 0.344 e. The molecule has 2 N–H and O–H groups in total. The molecule has 0 aliphatic carbocycles. The Labute approximate surface area is 139 Å². The molecule has 0 unspecified atom stereocenters. The second-order valence-electron chi connectivity index (χ2n) is 6.18. The Bertz CT molecular complexity index is 958. The molecule has 24 heavy (non-hydrogen) atoms. The van der Waals surface area contributed by atoms with E-state index in [1.54, 1.807) is 24.3 Å². The van der Waals surface area contributed by atoms with Crippen LogP contribution in [0.3, 0.4) is 0 Å². The number of rotatable bonds is 4. The summed E-state index contributed by atoms with van der Waals surface area (Å²) in [6.07, 6.45) is 0.537. The zero-order valence-corrected chi connectivity index (χ0v) is 13.5. The highest BCUT2D eigenvalue weighted by molar-refractivity contribution is 6.04. The van der Waals surface area contributed by atoms with Gasteiger partial charge in [0.05, 0.1) is 5.39 Å². The first-order valence-electron chi connectivity index (χ1n) is 7.79. The van der Waals surface area contributed by atoms with E-state index in [0.717, 1.165) is 10.8 Å². The first-order chi connectivity index (χ1) is 11.5. The van der Waals surface area contributed by atoms with E-state index in [0.29, 0.717) is 23.3 Å². The molecule has 0 saturated heterocycles. The molecule has 0 amide bonds. The summed E-state index contributed by atoms with van der Waals surface area (Å²) in [4.78, 5) is 24.2. The SMILES string of the molecule is CC(C)C[C@@H](N)C(=O)Oc1ccc2c(c1)c(=O)oc1c[c]ccc12. The van der Waals surface area contributed by atoms with Crippen LogP contribution in [-0.2, 0) is 4.79 Å². The van der Waals surface area contributed by atoms with Crippen molar-refractivity contribution in [1.82, 2.24) is 0 Å². The summed E-state index contributed by atoms with van der Waals surface area (Å²) in [5.74, 6) is 0.0584. The van der Waals surface area contributed by atoms with Crippen LogP contribution in [0.4, 0.5) is 0 Å². The minimum Gasteiger partial charge on any atom is -0.425 e. The molecule has 2 aromatic carbocycles. The minimum atomic E-state index is -0.691. The van der Waals surface area contributed by atoms with Crippen LogP contribution in [0.2, 0.25) is 0 Å². The van der Waals surface area contributed by atoms with Crippen molar-refractivity contribution in [2.75, 3.05) is 0 Å². The average Bonchev–Trinajstić information content (AvgIpc) is 2.54. The molecule has 0 spiro atoms. The lowest BCUT2D eigenvalue weighted by atomic mass is 10.0. The van der Waals surface area contributed by atoms with Crippen LogP contribution in [-0.4, -0.2) is 12.0 Å². The van der Waals surface area contributed by atoms with Crippen LogP contribution in [0.25, 0.3) is 21.7 Å². The smallest absolute Gasteiger partial charge is 0.344 e. The van der Waals surface area contributed by atoms with E-state index in [2.05, 4.69) is 6.07 Å². The number of benzene rings is 2. The fourth-order valence-electron chi connectivity index (χ4n) is 2.66. The predicted octanol–water partition coefficient (Wildman–Crippen LogP) is 3.03. The summed E-state index contributed by atoms with van der Waals surface area (Å²) >= 11 is 0. The number of hydrogen-bond acceptors (Lipinski definition) is 5. The highest BCUT2D eigenvalue weighted by Gasteiger charge is 2.18. The third-order valence-corrected chi connectivity index (χ3v) is 3.78. The van der Waals surface area contributed by atoms with E-state index < -0.39 is 17.6 Å². The topological polar surface area (TPSA) is 82.5 Å². The number of ether oxygens (including phenoxy) is 1. The van der Waals surface area contributed by atoms with Crippen molar-refractivity contribution in [3.05, 3.63) is 52.9 Å². The maximum atomic E-state index is 12.2. The van der Waals surface area contributed by atoms with Crippen molar-refractivity contribution in [2.45, 2.75) is 26.3 Å². The zero-order chi connectivity index (χ0) is 17.3. The van der Waals surface area contributed by atoms with E-state index >= 15 is 0 Å². The molecule has 1 heterocycles. The van der Waals surface area contributed by atoms with Gasteiger partial charge in [-0.25, -0.2) is 9.59 Å². The largest absolute Gasteiger partial charge is 0.425 e. The monoisotopic (exact) mass is 324 g/mol. The molecule has 5 nitrogen and oxygen atoms in total. The number of nitrogens with two attached hydrogens (primary N) is 1. The van der Waals surface area contributed by atoms with Gasteiger partial charge in [-0.05, 0) is 48.7 Å². The summed E-state index contributed by atoms with van der Waals surface area (Å²) in [6, 6.07) is 12.3. The van der Waals surface area contributed by atoms with Gasteiger partial charge in [0.1, 0.15) is 17.4 Å². The van der Waals surface area contributed by atoms with E-state index in [4.69, 9.17) is 14.9 Å². The van der Waals surface area contributed by atoms with Crippen molar-refractivity contribution in [3.63, 3.8) is 0 Å². The van der Waals surface area contributed by atoms with Crippen LogP contribution in [0.15, 0.2) is 45.6 Å². The van der Waals surface area contributed by atoms with Gasteiger partial charge in [0.15, 0.2) is 0 Å². The molecule has 5 heteroatoms. The Morgan fingerprint density at radius 1 is 1.25 bits per heavy atom. The molecule has 0 fully saturated rings. The second kappa shape index (κ2) is 6.45. The number of esters is 1. The highest BCUT2D eigenvalue weighted by Crippen LogP contribution is 2.26. The summed E-state index contributed by atoms with van der Waals surface area (Å²) in [5, 5.41) is 1.90. The van der Waals surface area contributed by atoms with Crippen molar-refractivity contribution in [3.8, 4) is 5.75 Å². The molecular formula is C19H18NO4. The predicted molar refractivity (Wildman–Crippen MR) is 91.9 cm³/mol. The van der Waals surface area contributed by atoms with Crippen LogP contribution >= 0.6 is 0 Å². The van der Waals surface area contributed by atoms with Gasteiger partial charge in [-0.15, -0.1) is 0 Å². The molecule has 0 saturated carbocycles. The molecule has 0 bridgehead atoms. The molecule has 1 aromatic heterocycles. The number of fused-ring (bicyclic) bond motifs is 3. The normalized spacial score (nSPS) is 12.7. The molecule has 0 aliphatic rings. The average molecular weight is 324 g/mol. The summed E-state index contributed by atoms with van der Waals surface area (Å²) in [6.45, 7) is 3.97. The van der Waals surface area contributed by atoms with Crippen molar-refractivity contribution >= 4 is 27.7 Å². The van der Waals surface area contributed by atoms with Gasteiger partial charge >= 0.3 is 11.6 Å². The lowest BCUT2D eigenvalue weighted by Gasteiger charge is -2.13. The molecule has 3 rings (SSSR count). The van der Waals surface area contributed by atoms with Crippen LogP contribution in [0.1, 0.15) is 20.3 Å². The molecule has 1 radical (unpaired) electrons. The molecule has 0 aliphatic heterocycles.